The Bertz CT molecular complexity index is 717. The van der Waals surface area contributed by atoms with Crippen LogP contribution < -0.4 is 10.9 Å². The Morgan fingerprint density at radius 1 is 1.48 bits per heavy atom. The average Bonchev–Trinajstić information content (AvgIpc) is 3.18. The van der Waals surface area contributed by atoms with Crippen molar-refractivity contribution in [2.45, 2.75) is 32.9 Å². The molecule has 0 aromatic carbocycles. The molecule has 0 unspecified atom stereocenters. The minimum atomic E-state index is -0.157. The molecule has 1 aliphatic rings. The first-order valence-electron chi connectivity index (χ1n) is 7.03. The molecule has 1 fully saturated rings. The second kappa shape index (κ2) is 5.52. The normalized spacial score (nSPS) is 14.4. The van der Waals surface area contributed by atoms with Gasteiger partial charge in [0.05, 0.1) is 16.9 Å². The third kappa shape index (κ3) is 3.10. The molecule has 0 spiro atoms. The van der Waals surface area contributed by atoms with Crippen LogP contribution in [0.25, 0.3) is 0 Å². The number of rotatable bonds is 5. The molecule has 1 aliphatic carbocycles. The van der Waals surface area contributed by atoms with Gasteiger partial charge < -0.3 is 5.32 Å². The first-order chi connectivity index (χ1) is 10.0. The van der Waals surface area contributed by atoms with Crippen LogP contribution in [0.15, 0.2) is 17.2 Å². The molecular formula is C14H18ClN5O. The fraction of sp³-hybridized carbons (Fsp3) is 0.500. The van der Waals surface area contributed by atoms with E-state index in [0.29, 0.717) is 29.7 Å². The highest BCUT2D eigenvalue weighted by Crippen LogP contribution is 2.30. The van der Waals surface area contributed by atoms with Crippen molar-refractivity contribution >= 4 is 17.3 Å². The monoisotopic (exact) mass is 307 g/mol. The summed E-state index contributed by atoms with van der Waals surface area (Å²) in [7, 11) is 1.87. The minimum absolute atomic E-state index is 0.157. The summed E-state index contributed by atoms with van der Waals surface area (Å²) in [5, 5.41) is 11.9. The van der Waals surface area contributed by atoms with Gasteiger partial charge in [0.2, 0.25) is 0 Å². The largest absolute Gasteiger partial charge is 0.375 e. The van der Waals surface area contributed by atoms with E-state index in [1.807, 2.05) is 20.2 Å². The predicted molar refractivity (Wildman–Crippen MR) is 81.5 cm³/mol. The molecule has 112 valence electrons. The summed E-state index contributed by atoms with van der Waals surface area (Å²) in [6.45, 7) is 3.13. The SMILES string of the molecule is Cc1nn(C)cc1CNc1c(Cl)cnn(CC2CC2)c1=O. The third-order valence-electron chi connectivity index (χ3n) is 3.70. The molecule has 0 saturated heterocycles. The van der Waals surface area contributed by atoms with Gasteiger partial charge in [-0.1, -0.05) is 11.6 Å². The predicted octanol–water partition coefficient (Wildman–Crippen LogP) is 1.96. The molecule has 0 aliphatic heterocycles. The Kier molecular flexibility index (Phi) is 3.71. The molecule has 0 bridgehead atoms. The van der Waals surface area contributed by atoms with Crippen LogP contribution in [-0.4, -0.2) is 19.6 Å². The molecule has 0 atom stereocenters. The van der Waals surface area contributed by atoms with Gasteiger partial charge in [0.1, 0.15) is 5.69 Å². The van der Waals surface area contributed by atoms with Gasteiger partial charge in [-0.2, -0.15) is 10.2 Å². The van der Waals surface area contributed by atoms with Gasteiger partial charge in [0.15, 0.2) is 0 Å². The Balaban J connectivity index is 1.80. The van der Waals surface area contributed by atoms with Gasteiger partial charge >= 0.3 is 0 Å². The number of anilines is 1. The summed E-state index contributed by atoms with van der Waals surface area (Å²) >= 11 is 6.11. The Labute approximate surface area is 127 Å². The quantitative estimate of drug-likeness (QED) is 0.917. The van der Waals surface area contributed by atoms with Gasteiger partial charge in [0.25, 0.3) is 5.56 Å². The number of aryl methyl sites for hydroxylation is 2. The van der Waals surface area contributed by atoms with Crippen LogP contribution >= 0.6 is 11.6 Å². The van der Waals surface area contributed by atoms with Gasteiger partial charge in [0, 0.05) is 31.9 Å². The topological polar surface area (TPSA) is 64.7 Å². The number of halogens is 1. The van der Waals surface area contributed by atoms with E-state index in [-0.39, 0.29) is 5.56 Å². The number of nitrogens with one attached hydrogen (secondary N) is 1. The molecule has 1 N–H and O–H groups in total. The van der Waals surface area contributed by atoms with Gasteiger partial charge in [-0.3, -0.25) is 9.48 Å². The second-order valence-electron chi connectivity index (χ2n) is 5.57. The highest BCUT2D eigenvalue weighted by atomic mass is 35.5. The maximum absolute atomic E-state index is 12.4. The molecule has 1 saturated carbocycles. The molecule has 6 nitrogen and oxygen atoms in total. The Morgan fingerprint density at radius 2 is 2.24 bits per heavy atom. The van der Waals surface area contributed by atoms with Crippen molar-refractivity contribution in [3.63, 3.8) is 0 Å². The summed E-state index contributed by atoms with van der Waals surface area (Å²) in [4.78, 5) is 12.4. The van der Waals surface area contributed by atoms with Crippen molar-refractivity contribution in [3.05, 3.63) is 39.0 Å². The van der Waals surface area contributed by atoms with E-state index in [9.17, 15) is 4.79 Å². The van der Waals surface area contributed by atoms with Crippen LogP contribution in [0.2, 0.25) is 5.02 Å². The molecule has 2 aromatic heterocycles. The molecule has 0 radical (unpaired) electrons. The molecule has 2 heterocycles. The molecule has 21 heavy (non-hydrogen) atoms. The highest BCUT2D eigenvalue weighted by Gasteiger charge is 2.23. The number of hydrogen-bond donors (Lipinski definition) is 1. The zero-order valence-electron chi connectivity index (χ0n) is 12.1. The summed E-state index contributed by atoms with van der Waals surface area (Å²) < 4.78 is 3.26. The average molecular weight is 308 g/mol. The number of aromatic nitrogens is 4. The van der Waals surface area contributed by atoms with Crippen LogP contribution in [0, 0.1) is 12.8 Å². The zero-order valence-corrected chi connectivity index (χ0v) is 12.9. The van der Waals surface area contributed by atoms with Crippen molar-refractivity contribution in [3.8, 4) is 0 Å². The smallest absolute Gasteiger partial charge is 0.291 e. The lowest BCUT2D eigenvalue weighted by Gasteiger charge is -2.10. The van der Waals surface area contributed by atoms with E-state index in [0.717, 1.165) is 11.3 Å². The van der Waals surface area contributed by atoms with Crippen LogP contribution in [0.1, 0.15) is 24.1 Å². The molecule has 2 aromatic rings. The van der Waals surface area contributed by atoms with Gasteiger partial charge in [-0.05, 0) is 25.7 Å². The van der Waals surface area contributed by atoms with Crippen LogP contribution in [-0.2, 0) is 20.1 Å². The highest BCUT2D eigenvalue weighted by molar-refractivity contribution is 6.32. The van der Waals surface area contributed by atoms with Gasteiger partial charge in [-0.25, -0.2) is 4.68 Å². The summed E-state index contributed by atoms with van der Waals surface area (Å²) in [6, 6.07) is 0. The van der Waals surface area contributed by atoms with Crippen molar-refractivity contribution in [2.75, 3.05) is 5.32 Å². The maximum Gasteiger partial charge on any atom is 0.291 e. The lowest BCUT2D eigenvalue weighted by atomic mass is 10.2. The van der Waals surface area contributed by atoms with E-state index >= 15 is 0 Å². The van der Waals surface area contributed by atoms with Crippen molar-refractivity contribution in [1.29, 1.82) is 0 Å². The summed E-state index contributed by atoms with van der Waals surface area (Å²) in [5.41, 5.74) is 2.23. The van der Waals surface area contributed by atoms with E-state index in [2.05, 4.69) is 15.5 Å². The molecular weight excluding hydrogens is 290 g/mol. The number of hydrogen-bond acceptors (Lipinski definition) is 4. The second-order valence-corrected chi connectivity index (χ2v) is 5.97. The summed E-state index contributed by atoms with van der Waals surface area (Å²) in [6.07, 6.45) is 5.81. The fourth-order valence-corrected chi connectivity index (χ4v) is 2.50. The molecule has 7 heteroatoms. The first-order valence-corrected chi connectivity index (χ1v) is 7.41. The Hall–Kier alpha value is -1.82. The van der Waals surface area contributed by atoms with Crippen molar-refractivity contribution < 1.29 is 0 Å². The van der Waals surface area contributed by atoms with Crippen LogP contribution in [0.3, 0.4) is 0 Å². The van der Waals surface area contributed by atoms with Crippen LogP contribution in [0.4, 0.5) is 5.69 Å². The van der Waals surface area contributed by atoms with E-state index in [4.69, 9.17) is 11.6 Å². The van der Waals surface area contributed by atoms with E-state index in [1.54, 1.807) is 4.68 Å². The standard InChI is InChI=1S/C14H18ClN5O/c1-9-11(8-19(2)18-9)5-16-13-12(15)6-17-20(14(13)21)7-10-3-4-10/h6,8,10,16H,3-5,7H2,1-2H3. The lowest BCUT2D eigenvalue weighted by molar-refractivity contribution is 0.534. The molecule has 0 amide bonds. The number of nitrogens with zero attached hydrogens (tertiary/aromatic N) is 4. The fourth-order valence-electron chi connectivity index (χ4n) is 2.31. The third-order valence-corrected chi connectivity index (χ3v) is 3.98. The Morgan fingerprint density at radius 3 is 2.86 bits per heavy atom. The van der Waals surface area contributed by atoms with E-state index < -0.39 is 0 Å². The lowest BCUT2D eigenvalue weighted by Crippen LogP contribution is -2.26. The van der Waals surface area contributed by atoms with Crippen LogP contribution in [0.5, 0.6) is 0 Å². The molecule has 3 rings (SSSR count). The minimum Gasteiger partial charge on any atom is -0.375 e. The van der Waals surface area contributed by atoms with Crippen molar-refractivity contribution in [2.24, 2.45) is 13.0 Å². The van der Waals surface area contributed by atoms with Crippen molar-refractivity contribution in [1.82, 2.24) is 19.6 Å². The summed E-state index contributed by atoms with van der Waals surface area (Å²) in [5.74, 6) is 0.588. The first kappa shape index (κ1) is 14.1. The zero-order chi connectivity index (χ0) is 15.0. The van der Waals surface area contributed by atoms with E-state index in [1.165, 1.54) is 23.7 Å². The maximum atomic E-state index is 12.4. The van der Waals surface area contributed by atoms with Gasteiger partial charge in [-0.15, -0.1) is 0 Å².